The van der Waals surface area contributed by atoms with Gasteiger partial charge in [0, 0.05) is 5.54 Å². The summed E-state index contributed by atoms with van der Waals surface area (Å²) >= 11 is 0. The Labute approximate surface area is 95.9 Å². The summed E-state index contributed by atoms with van der Waals surface area (Å²) in [4.78, 5) is 0. The zero-order valence-corrected chi connectivity index (χ0v) is 9.61. The van der Waals surface area contributed by atoms with Gasteiger partial charge in [-0.3, -0.25) is 0 Å². The molecule has 3 heteroatoms. The van der Waals surface area contributed by atoms with E-state index in [1.54, 1.807) is 6.07 Å². The molecule has 0 fully saturated rings. The summed E-state index contributed by atoms with van der Waals surface area (Å²) in [5.41, 5.74) is 8.04. The SMILES string of the molecule is C[C@@](N)(CO)[C@@H]1CCc2cc(O)ccc2C1. The van der Waals surface area contributed by atoms with Gasteiger partial charge in [0.25, 0.3) is 0 Å². The molecule has 3 nitrogen and oxygen atoms in total. The average Bonchev–Trinajstić information content (AvgIpc) is 2.28. The fraction of sp³-hybridized carbons (Fsp3) is 0.538. The summed E-state index contributed by atoms with van der Waals surface area (Å²) in [6.07, 6.45) is 2.80. The maximum atomic E-state index is 9.40. The van der Waals surface area contributed by atoms with E-state index >= 15 is 0 Å². The highest BCUT2D eigenvalue weighted by Gasteiger charge is 2.32. The highest BCUT2D eigenvalue weighted by atomic mass is 16.3. The van der Waals surface area contributed by atoms with Gasteiger partial charge in [-0.25, -0.2) is 0 Å². The molecule has 2 rings (SSSR count). The van der Waals surface area contributed by atoms with E-state index in [2.05, 4.69) is 0 Å². The second-order valence-corrected chi connectivity index (χ2v) is 5.06. The van der Waals surface area contributed by atoms with Crippen LogP contribution in [0.4, 0.5) is 0 Å². The number of aryl methyl sites for hydroxylation is 1. The zero-order chi connectivity index (χ0) is 11.8. The first-order chi connectivity index (χ1) is 7.53. The summed E-state index contributed by atoms with van der Waals surface area (Å²) in [6.45, 7) is 1.92. The Morgan fingerprint density at radius 1 is 1.44 bits per heavy atom. The number of hydrogen-bond acceptors (Lipinski definition) is 3. The number of phenolic OH excluding ortho intramolecular Hbond substituents is 1. The van der Waals surface area contributed by atoms with Crippen LogP contribution in [0.1, 0.15) is 24.5 Å². The molecule has 1 aliphatic carbocycles. The largest absolute Gasteiger partial charge is 0.508 e. The maximum absolute atomic E-state index is 9.40. The minimum Gasteiger partial charge on any atom is -0.508 e. The number of nitrogens with two attached hydrogens (primary N) is 1. The predicted octanol–water partition coefficient (Wildman–Crippen LogP) is 1.21. The molecule has 1 aromatic carbocycles. The average molecular weight is 221 g/mol. The summed E-state index contributed by atoms with van der Waals surface area (Å²) in [6, 6.07) is 5.51. The molecule has 1 aliphatic rings. The van der Waals surface area contributed by atoms with Crippen LogP contribution in [0.5, 0.6) is 5.75 Å². The van der Waals surface area contributed by atoms with Gasteiger partial charge in [0.15, 0.2) is 0 Å². The lowest BCUT2D eigenvalue weighted by molar-refractivity contribution is 0.144. The fourth-order valence-corrected chi connectivity index (χ4v) is 2.43. The van der Waals surface area contributed by atoms with Crippen molar-refractivity contribution in [1.29, 1.82) is 0 Å². The first-order valence-corrected chi connectivity index (χ1v) is 5.73. The van der Waals surface area contributed by atoms with Gasteiger partial charge in [-0.15, -0.1) is 0 Å². The van der Waals surface area contributed by atoms with E-state index in [-0.39, 0.29) is 6.61 Å². The van der Waals surface area contributed by atoms with E-state index in [1.807, 2.05) is 19.1 Å². The normalized spacial score (nSPS) is 23.6. The Morgan fingerprint density at radius 3 is 2.88 bits per heavy atom. The summed E-state index contributed by atoms with van der Waals surface area (Å²) in [5.74, 6) is 0.643. The first-order valence-electron chi connectivity index (χ1n) is 5.73. The third kappa shape index (κ3) is 2.06. The van der Waals surface area contributed by atoms with Crippen LogP contribution < -0.4 is 5.73 Å². The van der Waals surface area contributed by atoms with Crippen molar-refractivity contribution in [1.82, 2.24) is 0 Å². The number of phenols is 1. The monoisotopic (exact) mass is 221 g/mol. The Balaban J connectivity index is 2.21. The highest BCUT2D eigenvalue weighted by Crippen LogP contribution is 2.32. The van der Waals surface area contributed by atoms with Crippen LogP contribution in [0, 0.1) is 5.92 Å². The quantitative estimate of drug-likeness (QED) is 0.703. The molecule has 4 N–H and O–H groups in total. The van der Waals surface area contributed by atoms with Crippen molar-refractivity contribution >= 4 is 0 Å². The van der Waals surface area contributed by atoms with Gasteiger partial charge in [-0.2, -0.15) is 0 Å². The van der Waals surface area contributed by atoms with Crippen LogP contribution in [-0.2, 0) is 12.8 Å². The van der Waals surface area contributed by atoms with E-state index in [0.717, 1.165) is 19.3 Å². The maximum Gasteiger partial charge on any atom is 0.115 e. The molecule has 0 bridgehead atoms. The molecule has 0 heterocycles. The molecular formula is C13H19NO2. The summed E-state index contributed by atoms with van der Waals surface area (Å²) in [5, 5.41) is 18.7. The lowest BCUT2D eigenvalue weighted by Crippen LogP contribution is -2.49. The number of aliphatic hydroxyl groups excluding tert-OH is 1. The van der Waals surface area contributed by atoms with Crippen LogP contribution >= 0.6 is 0 Å². The smallest absolute Gasteiger partial charge is 0.115 e. The van der Waals surface area contributed by atoms with E-state index in [1.165, 1.54) is 11.1 Å². The van der Waals surface area contributed by atoms with Crippen molar-refractivity contribution in [3.63, 3.8) is 0 Å². The number of aliphatic hydroxyl groups is 1. The molecule has 0 saturated carbocycles. The molecular weight excluding hydrogens is 202 g/mol. The number of hydrogen-bond donors (Lipinski definition) is 3. The molecule has 0 spiro atoms. The Kier molecular flexibility index (Phi) is 2.91. The molecule has 0 unspecified atom stereocenters. The van der Waals surface area contributed by atoms with Gasteiger partial charge in [0.05, 0.1) is 6.61 Å². The summed E-state index contributed by atoms with van der Waals surface area (Å²) < 4.78 is 0. The van der Waals surface area contributed by atoms with Crippen molar-refractivity contribution in [2.75, 3.05) is 6.61 Å². The van der Waals surface area contributed by atoms with Crippen molar-refractivity contribution in [2.45, 2.75) is 31.7 Å². The Morgan fingerprint density at radius 2 is 2.19 bits per heavy atom. The molecule has 0 amide bonds. The molecule has 1 aromatic rings. The number of aromatic hydroxyl groups is 1. The number of benzene rings is 1. The Hall–Kier alpha value is -1.06. The van der Waals surface area contributed by atoms with Gasteiger partial charge in [0.1, 0.15) is 5.75 Å². The summed E-state index contributed by atoms with van der Waals surface area (Å²) in [7, 11) is 0. The third-order valence-corrected chi connectivity index (χ3v) is 3.69. The van der Waals surface area contributed by atoms with Crippen LogP contribution in [0.2, 0.25) is 0 Å². The molecule has 16 heavy (non-hydrogen) atoms. The second kappa shape index (κ2) is 4.07. The van der Waals surface area contributed by atoms with Crippen molar-refractivity contribution in [3.05, 3.63) is 29.3 Å². The molecule has 2 atom stereocenters. The molecule has 0 aliphatic heterocycles. The van der Waals surface area contributed by atoms with Crippen LogP contribution in [0.15, 0.2) is 18.2 Å². The first kappa shape index (κ1) is 11.4. The molecule has 0 saturated heterocycles. The lowest BCUT2D eigenvalue weighted by atomic mass is 9.74. The minimum absolute atomic E-state index is 0.0189. The van der Waals surface area contributed by atoms with Gasteiger partial charge in [0.2, 0.25) is 0 Å². The molecule has 88 valence electrons. The van der Waals surface area contributed by atoms with Crippen molar-refractivity contribution in [3.8, 4) is 5.75 Å². The van der Waals surface area contributed by atoms with Crippen molar-refractivity contribution in [2.24, 2.45) is 11.7 Å². The standard InChI is InChI=1S/C13H19NO2/c1-13(14,8-15)11-4-2-10-7-12(16)5-3-9(10)6-11/h3,5,7,11,15-16H,2,4,6,8,14H2,1H3/t11-,13-/m1/s1. The highest BCUT2D eigenvalue weighted by molar-refractivity contribution is 5.37. The van der Waals surface area contributed by atoms with Gasteiger partial charge < -0.3 is 15.9 Å². The minimum atomic E-state index is -0.504. The molecule has 0 radical (unpaired) electrons. The van der Waals surface area contributed by atoms with Gasteiger partial charge in [-0.05, 0) is 55.4 Å². The second-order valence-electron chi connectivity index (χ2n) is 5.06. The topological polar surface area (TPSA) is 66.5 Å². The van der Waals surface area contributed by atoms with Gasteiger partial charge in [-0.1, -0.05) is 6.07 Å². The van der Waals surface area contributed by atoms with Crippen molar-refractivity contribution < 1.29 is 10.2 Å². The molecule has 0 aromatic heterocycles. The van der Waals surface area contributed by atoms with E-state index in [4.69, 9.17) is 5.73 Å². The van der Waals surface area contributed by atoms with Crippen LogP contribution in [0.25, 0.3) is 0 Å². The fourth-order valence-electron chi connectivity index (χ4n) is 2.43. The van der Waals surface area contributed by atoms with E-state index in [0.29, 0.717) is 11.7 Å². The van der Waals surface area contributed by atoms with Crippen LogP contribution in [0.3, 0.4) is 0 Å². The van der Waals surface area contributed by atoms with Crippen LogP contribution in [-0.4, -0.2) is 22.4 Å². The third-order valence-electron chi connectivity index (χ3n) is 3.69. The van der Waals surface area contributed by atoms with E-state index < -0.39 is 5.54 Å². The van der Waals surface area contributed by atoms with Gasteiger partial charge >= 0.3 is 0 Å². The Bertz CT molecular complexity index is 388. The van der Waals surface area contributed by atoms with E-state index in [9.17, 15) is 10.2 Å². The predicted molar refractivity (Wildman–Crippen MR) is 63.3 cm³/mol. The lowest BCUT2D eigenvalue weighted by Gasteiger charge is -2.36. The number of fused-ring (bicyclic) bond motifs is 1. The number of rotatable bonds is 2. The zero-order valence-electron chi connectivity index (χ0n) is 9.61.